The Morgan fingerprint density at radius 2 is 1.94 bits per heavy atom. The molecule has 0 saturated heterocycles. The van der Waals surface area contributed by atoms with Crippen LogP contribution in [0, 0.1) is 6.92 Å². The van der Waals surface area contributed by atoms with Crippen molar-refractivity contribution in [3.8, 4) is 0 Å². The molecule has 0 bridgehead atoms. The molecular formula is C13H17N3. The first kappa shape index (κ1) is 10.9. The van der Waals surface area contributed by atoms with Crippen molar-refractivity contribution in [2.45, 2.75) is 25.9 Å². The second-order valence-electron chi connectivity index (χ2n) is 4.20. The van der Waals surface area contributed by atoms with Crippen LogP contribution in [0.25, 0.3) is 0 Å². The molecule has 2 atom stereocenters. The molecule has 3 nitrogen and oxygen atoms in total. The van der Waals surface area contributed by atoms with Gasteiger partial charge in [0.1, 0.15) is 0 Å². The molecule has 2 aromatic rings. The molecule has 0 saturated carbocycles. The minimum absolute atomic E-state index is 0.0302. The summed E-state index contributed by atoms with van der Waals surface area (Å²) >= 11 is 0. The van der Waals surface area contributed by atoms with E-state index in [4.69, 9.17) is 5.73 Å². The number of rotatable bonds is 3. The predicted octanol–water partition coefficient (Wildman–Crippen LogP) is 2.13. The van der Waals surface area contributed by atoms with Crippen LogP contribution in [0.2, 0.25) is 0 Å². The van der Waals surface area contributed by atoms with Gasteiger partial charge in [-0.1, -0.05) is 29.8 Å². The summed E-state index contributed by atoms with van der Waals surface area (Å²) in [5, 5.41) is 4.27. The number of nitrogens with two attached hydrogens (primary N) is 1. The molecular weight excluding hydrogens is 198 g/mol. The number of nitrogens with zero attached hydrogens (tertiary/aromatic N) is 2. The lowest BCUT2D eigenvalue weighted by atomic mass is 10.0. The lowest BCUT2D eigenvalue weighted by Gasteiger charge is -2.22. The quantitative estimate of drug-likeness (QED) is 0.852. The van der Waals surface area contributed by atoms with E-state index in [1.54, 1.807) is 6.20 Å². The van der Waals surface area contributed by atoms with Crippen molar-refractivity contribution in [3.05, 3.63) is 53.9 Å². The molecule has 84 valence electrons. The summed E-state index contributed by atoms with van der Waals surface area (Å²) in [7, 11) is 0. The molecule has 0 aliphatic rings. The van der Waals surface area contributed by atoms with Crippen LogP contribution in [0.5, 0.6) is 0 Å². The fourth-order valence-electron chi connectivity index (χ4n) is 1.91. The van der Waals surface area contributed by atoms with E-state index in [2.05, 4.69) is 36.3 Å². The van der Waals surface area contributed by atoms with Gasteiger partial charge in [-0.05, 0) is 25.5 Å². The van der Waals surface area contributed by atoms with E-state index in [1.807, 2.05) is 23.9 Å². The summed E-state index contributed by atoms with van der Waals surface area (Å²) in [6, 6.07) is 10.5. The largest absolute Gasteiger partial charge is 0.326 e. The average Bonchev–Trinajstić information content (AvgIpc) is 2.74. The first-order chi connectivity index (χ1) is 7.68. The third-order valence-electron chi connectivity index (χ3n) is 2.73. The topological polar surface area (TPSA) is 43.8 Å². The highest BCUT2D eigenvalue weighted by atomic mass is 15.3. The van der Waals surface area contributed by atoms with Crippen LogP contribution in [0.15, 0.2) is 42.7 Å². The maximum absolute atomic E-state index is 6.04. The Morgan fingerprint density at radius 1 is 1.25 bits per heavy atom. The highest BCUT2D eigenvalue weighted by molar-refractivity contribution is 5.25. The smallest absolute Gasteiger partial charge is 0.0916 e. The van der Waals surface area contributed by atoms with E-state index < -0.39 is 0 Å². The lowest BCUT2D eigenvalue weighted by Crippen LogP contribution is -2.30. The van der Waals surface area contributed by atoms with E-state index in [9.17, 15) is 0 Å². The second kappa shape index (κ2) is 4.49. The van der Waals surface area contributed by atoms with Crippen molar-refractivity contribution in [1.82, 2.24) is 9.78 Å². The Balaban J connectivity index is 2.37. The summed E-state index contributed by atoms with van der Waals surface area (Å²) in [6.07, 6.45) is 3.73. The van der Waals surface area contributed by atoms with Gasteiger partial charge in [-0.25, -0.2) is 0 Å². The van der Waals surface area contributed by atoms with Crippen molar-refractivity contribution in [3.63, 3.8) is 0 Å². The minimum atomic E-state index is 0.0302. The zero-order chi connectivity index (χ0) is 11.5. The van der Waals surface area contributed by atoms with Gasteiger partial charge in [0, 0.05) is 18.4 Å². The Labute approximate surface area is 95.9 Å². The van der Waals surface area contributed by atoms with Gasteiger partial charge < -0.3 is 5.73 Å². The summed E-state index contributed by atoms with van der Waals surface area (Å²) in [5.74, 6) is 0. The van der Waals surface area contributed by atoms with Crippen molar-refractivity contribution in [2.24, 2.45) is 5.73 Å². The van der Waals surface area contributed by atoms with Gasteiger partial charge in [0.15, 0.2) is 0 Å². The first-order valence-corrected chi connectivity index (χ1v) is 5.50. The fraction of sp³-hybridized carbons (Fsp3) is 0.308. The molecule has 0 fully saturated rings. The van der Waals surface area contributed by atoms with Gasteiger partial charge in [0.2, 0.25) is 0 Å². The second-order valence-corrected chi connectivity index (χ2v) is 4.20. The molecule has 16 heavy (non-hydrogen) atoms. The van der Waals surface area contributed by atoms with Crippen molar-refractivity contribution >= 4 is 0 Å². The summed E-state index contributed by atoms with van der Waals surface area (Å²) in [4.78, 5) is 0. The Bertz CT molecular complexity index is 429. The van der Waals surface area contributed by atoms with Gasteiger partial charge in [-0.2, -0.15) is 5.10 Å². The highest BCUT2D eigenvalue weighted by Crippen LogP contribution is 2.20. The third kappa shape index (κ3) is 2.14. The van der Waals surface area contributed by atoms with E-state index >= 15 is 0 Å². The van der Waals surface area contributed by atoms with Crippen LogP contribution in [0.1, 0.15) is 24.1 Å². The Morgan fingerprint density at radius 3 is 2.44 bits per heavy atom. The molecule has 2 unspecified atom stereocenters. The highest BCUT2D eigenvalue weighted by Gasteiger charge is 2.17. The molecule has 3 heteroatoms. The van der Waals surface area contributed by atoms with Crippen LogP contribution in [-0.2, 0) is 0 Å². The van der Waals surface area contributed by atoms with Gasteiger partial charge in [0.25, 0.3) is 0 Å². The fourth-order valence-corrected chi connectivity index (χ4v) is 1.91. The van der Waals surface area contributed by atoms with Gasteiger partial charge in [0.05, 0.1) is 6.04 Å². The maximum atomic E-state index is 6.04. The van der Waals surface area contributed by atoms with Crippen molar-refractivity contribution < 1.29 is 0 Å². The van der Waals surface area contributed by atoms with Crippen molar-refractivity contribution in [1.29, 1.82) is 0 Å². The standard InChI is InChI=1S/C13H17N3/c1-10-4-6-12(7-5-10)13(11(2)14)16-9-3-8-15-16/h3-9,11,13H,14H2,1-2H3. The van der Waals surface area contributed by atoms with Crippen molar-refractivity contribution in [2.75, 3.05) is 0 Å². The van der Waals surface area contributed by atoms with E-state index in [0.717, 1.165) is 0 Å². The normalized spacial score (nSPS) is 14.7. The van der Waals surface area contributed by atoms with Crippen LogP contribution in [0.4, 0.5) is 0 Å². The van der Waals surface area contributed by atoms with Crippen LogP contribution in [-0.4, -0.2) is 15.8 Å². The molecule has 1 aromatic heterocycles. The number of hydrogen-bond acceptors (Lipinski definition) is 2. The molecule has 0 radical (unpaired) electrons. The zero-order valence-corrected chi connectivity index (χ0v) is 9.67. The minimum Gasteiger partial charge on any atom is -0.326 e. The average molecular weight is 215 g/mol. The van der Waals surface area contributed by atoms with Gasteiger partial charge >= 0.3 is 0 Å². The zero-order valence-electron chi connectivity index (χ0n) is 9.67. The Hall–Kier alpha value is -1.61. The van der Waals surface area contributed by atoms with Gasteiger partial charge in [-0.3, -0.25) is 4.68 Å². The molecule has 0 aliphatic carbocycles. The molecule has 2 rings (SSSR count). The van der Waals surface area contributed by atoms with E-state index in [1.165, 1.54) is 11.1 Å². The monoisotopic (exact) mass is 215 g/mol. The SMILES string of the molecule is Cc1ccc(C(C(C)N)n2cccn2)cc1. The number of benzene rings is 1. The van der Waals surface area contributed by atoms with Crippen LogP contribution in [0.3, 0.4) is 0 Å². The van der Waals surface area contributed by atoms with Gasteiger partial charge in [-0.15, -0.1) is 0 Å². The molecule has 0 aliphatic heterocycles. The molecule has 0 amide bonds. The molecule has 0 spiro atoms. The predicted molar refractivity (Wildman–Crippen MR) is 65.2 cm³/mol. The number of aryl methyl sites for hydroxylation is 1. The molecule has 1 heterocycles. The molecule has 2 N–H and O–H groups in total. The number of aromatic nitrogens is 2. The third-order valence-corrected chi connectivity index (χ3v) is 2.73. The van der Waals surface area contributed by atoms with E-state index in [0.29, 0.717) is 0 Å². The number of hydrogen-bond donors (Lipinski definition) is 1. The Kier molecular flexibility index (Phi) is 3.06. The summed E-state index contributed by atoms with van der Waals surface area (Å²) in [5.41, 5.74) is 8.49. The molecule has 1 aromatic carbocycles. The van der Waals surface area contributed by atoms with Crippen LogP contribution < -0.4 is 5.73 Å². The van der Waals surface area contributed by atoms with Crippen LogP contribution >= 0.6 is 0 Å². The maximum Gasteiger partial charge on any atom is 0.0916 e. The van der Waals surface area contributed by atoms with E-state index in [-0.39, 0.29) is 12.1 Å². The lowest BCUT2D eigenvalue weighted by molar-refractivity contribution is 0.454. The summed E-state index contributed by atoms with van der Waals surface area (Å²) in [6.45, 7) is 4.09. The summed E-state index contributed by atoms with van der Waals surface area (Å²) < 4.78 is 1.91. The first-order valence-electron chi connectivity index (χ1n) is 5.50.